The third-order valence-corrected chi connectivity index (χ3v) is 5.60. The summed E-state index contributed by atoms with van der Waals surface area (Å²) in [5, 5.41) is 4.58. The van der Waals surface area contributed by atoms with Crippen LogP contribution in [0.4, 0.5) is 0 Å². The van der Waals surface area contributed by atoms with Gasteiger partial charge in [-0.05, 0) is 44.1 Å². The first-order chi connectivity index (χ1) is 12.3. The molecule has 0 spiro atoms. The third-order valence-electron chi connectivity index (χ3n) is 4.51. The van der Waals surface area contributed by atoms with Gasteiger partial charge >= 0.3 is 0 Å². The smallest absolute Gasteiger partial charge is 0.266 e. The molecule has 0 aliphatic carbocycles. The van der Waals surface area contributed by atoms with Crippen molar-refractivity contribution in [1.29, 1.82) is 0 Å². The van der Waals surface area contributed by atoms with Crippen LogP contribution in [0.15, 0.2) is 47.8 Å². The summed E-state index contributed by atoms with van der Waals surface area (Å²) in [6, 6.07) is 7.64. The quantitative estimate of drug-likeness (QED) is 0.648. The molecule has 1 aliphatic heterocycles. The lowest BCUT2D eigenvalue weighted by atomic mass is 10.3. The highest BCUT2D eigenvalue weighted by Gasteiger charge is 2.12. The van der Waals surface area contributed by atoms with E-state index in [2.05, 4.69) is 27.1 Å². The Balaban J connectivity index is 0.00000196. The zero-order chi connectivity index (χ0) is 17.1. The van der Waals surface area contributed by atoms with E-state index in [1.807, 2.05) is 23.2 Å². The highest BCUT2D eigenvalue weighted by atomic mass is 35.5. The number of imidazole rings is 1. The summed E-state index contributed by atoms with van der Waals surface area (Å²) in [5.41, 5.74) is 0.834. The van der Waals surface area contributed by atoms with Gasteiger partial charge in [-0.2, -0.15) is 5.10 Å². The number of aromatic nitrogens is 4. The number of thiophene rings is 1. The second-order valence-corrected chi connectivity index (χ2v) is 7.50. The lowest BCUT2D eigenvalue weighted by Crippen LogP contribution is -2.30. The van der Waals surface area contributed by atoms with Crippen LogP contribution in [-0.4, -0.2) is 43.9 Å². The fourth-order valence-electron chi connectivity index (χ4n) is 3.14. The first-order valence-electron chi connectivity index (χ1n) is 8.63. The average molecular weight is 392 g/mol. The lowest BCUT2D eigenvalue weighted by Gasteiger charge is -2.14. The molecule has 4 heterocycles. The molecule has 6 nitrogen and oxygen atoms in total. The minimum atomic E-state index is -0.0295. The summed E-state index contributed by atoms with van der Waals surface area (Å²) >= 11 is 1.71. The van der Waals surface area contributed by atoms with E-state index in [1.165, 1.54) is 17.7 Å². The van der Waals surface area contributed by atoms with Crippen LogP contribution in [0.3, 0.4) is 0 Å². The molecular weight excluding hydrogens is 370 g/mol. The number of likely N-dealkylation sites (tertiary alicyclic amines) is 1. The monoisotopic (exact) mass is 391 g/mol. The van der Waals surface area contributed by atoms with Gasteiger partial charge in [0.2, 0.25) is 0 Å². The van der Waals surface area contributed by atoms with Gasteiger partial charge in [0, 0.05) is 29.9 Å². The van der Waals surface area contributed by atoms with Crippen LogP contribution in [0.5, 0.6) is 0 Å². The average Bonchev–Trinajstić information content (AvgIpc) is 3.37. The molecule has 1 fully saturated rings. The molecular formula is C18H22ClN5OS. The Morgan fingerprint density at radius 3 is 2.69 bits per heavy atom. The van der Waals surface area contributed by atoms with Gasteiger partial charge in [-0.15, -0.1) is 23.7 Å². The van der Waals surface area contributed by atoms with Crippen molar-refractivity contribution in [1.82, 2.24) is 24.2 Å². The maximum Gasteiger partial charge on any atom is 0.266 e. The number of halogens is 1. The minimum absolute atomic E-state index is 0. The molecule has 8 heteroatoms. The highest BCUT2D eigenvalue weighted by Crippen LogP contribution is 2.26. The van der Waals surface area contributed by atoms with E-state index in [0.717, 1.165) is 36.8 Å². The third kappa shape index (κ3) is 4.41. The Hall–Kier alpha value is -1.96. The first kappa shape index (κ1) is 18.8. The van der Waals surface area contributed by atoms with E-state index >= 15 is 0 Å². The van der Waals surface area contributed by atoms with Crippen molar-refractivity contribution in [2.45, 2.75) is 25.9 Å². The second kappa shape index (κ2) is 8.62. The fraction of sp³-hybridized carbons (Fsp3) is 0.389. The summed E-state index contributed by atoms with van der Waals surface area (Å²) in [4.78, 5) is 20.9. The van der Waals surface area contributed by atoms with Gasteiger partial charge in [0.1, 0.15) is 5.69 Å². The normalized spacial score (nSPS) is 14.5. The molecule has 0 aromatic carbocycles. The molecule has 138 valence electrons. The van der Waals surface area contributed by atoms with E-state index in [4.69, 9.17) is 0 Å². The molecule has 0 N–H and O–H groups in total. The van der Waals surface area contributed by atoms with E-state index in [9.17, 15) is 4.79 Å². The van der Waals surface area contributed by atoms with Crippen molar-refractivity contribution in [3.05, 3.63) is 58.2 Å². The predicted octanol–water partition coefficient (Wildman–Crippen LogP) is 2.73. The lowest BCUT2D eigenvalue weighted by molar-refractivity contribution is 0.312. The fourth-order valence-corrected chi connectivity index (χ4v) is 4.13. The van der Waals surface area contributed by atoms with Crippen molar-refractivity contribution < 1.29 is 0 Å². The maximum absolute atomic E-state index is 12.1. The number of hydrogen-bond acceptors (Lipinski definition) is 5. The van der Waals surface area contributed by atoms with Crippen molar-refractivity contribution in [2.75, 3.05) is 19.6 Å². The van der Waals surface area contributed by atoms with E-state index in [0.29, 0.717) is 6.54 Å². The summed E-state index contributed by atoms with van der Waals surface area (Å²) in [6.45, 7) is 4.62. The van der Waals surface area contributed by atoms with Crippen LogP contribution < -0.4 is 5.56 Å². The molecule has 0 atom stereocenters. The van der Waals surface area contributed by atoms with Crippen LogP contribution in [0.25, 0.3) is 10.6 Å². The molecule has 0 saturated carbocycles. The Morgan fingerprint density at radius 2 is 1.92 bits per heavy atom. The predicted molar refractivity (Wildman–Crippen MR) is 106 cm³/mol. The van der Waals surface area contributed by atoms with Crippen LogP contribution >= 0.6 is 23.7 Å². The van der Waals surface area contributed by atoms with Gasteiger partial charge in [-0.1, -0.05) is 0 Å². The Labute approximate surface area is 162 Å². The van der Waals surface area contributed by atoms with Gasteiger partial charge in [-0.25, -0.2) is 9.67 Å². The van der Waals surface area contributed by atoms with Crippen LogP contribution in [0, 0.1) is 0 Å². The van der Waals surface area contributed by atoms with Gasteiger partial charge in [-0.3, -0.25) is 4.79 Å². The molecule has 0 radical (unpaired) electrons. The SMILES string of the molecule is Cl.O=c1ccc(-c2ccc(Cn3ccnc3)s2)nn1CCN1CCCC1. The standard InChI is InChI=1S/C18H21N5OS.ClH/c24-18-6-4-16(20-23(18)12-11-21-8-1-2-9-21)17-5-3-15(25-17)13-22-10-7-19-14-22;/h3-7,10,14H,1-2,8-9,11-13H2;1H. The van der Waals surface area contributed by atoms with Crippen LogP contribution in [0.2, 0.25) is 0 Å². The van der Waals surface area contributed by atoms with Crippen molar-refractivity contribution in [3.8, 4) is 10.6 Å². The van der Waals surface area contributed by atoms with Gasteiger partial charge in [0.05, 0.1) is 24.3 Å². The summed E-state index contributed by atoms with van der Waals surface area (Å²) in [6.07, 6.45) is 8.08. The molecule has 3 aromatic rings. The summed E-state index contributed by atoms with van der Waals surface area (Å²) in [7, 11) is 0. The first-order valence-corrected chi connectivity index (χ1v) is 9.45. The van der Waals surface area contributed by atoms with Crippen molar-refractivity contribution in [2.24, 2.45) is 0 Å². The molecule has 26 heavy (non-hydrogen) atoms. The zero-order valence-corrected chi connectivity index (χ0v) is 16.1. The molecule has 0 unspecified atom stereocenters. The Morgan fingerprint density at radius 1 is 1.08 bits per heavy atom. The Bertz CT molecular complexity index is 883. The van der Waals surface area contributed by atoms with Crippen LogP contribution in [0.1, 0.15) is 17.7 Å². The summed E-state index contributed by atoms with van der Waals surface area (Å²) < 4.78 is 3.64. The van der Waals surface area contributed by atoms with E-state index in [-0.39, 0.29) is 18.0 Å². The topological polar surface area (TPSA) is 56.0 Å². The van der Waals surface area contributed by atoms with E-state index < -0.39 is 0 Å². The van der Waals surface area contributed by atoms with Crippen molar-refractivity contribution in [3.63, 3.8) is 0 Å². The van der Waals surface area contributed by atoms with E-state index in [1.54, 1.807) is 28.3 Å². The van der Waals surface area contributed by atoms with Gasteiger partial charge < -0.3 is 9.47 Å². The van der Waals surface area contributed by atoms with Crippen LogP contribution in [-0.2, 0) is 13.1 Å². The molecule has 3 aromatic heterocycles. The van der Waals surface area contributed by atoms with Crippen molar-refractivity contribution >= 4 is 23.7 Å². The van der Waals surface area contributed by atoms with Gasteiger partial charge in [0.25, 0.3) is 5.56 Å². The maximum atomic E-state index is 12.1. The number of rotatable bonds is 6. The number of hydrogen-bond donors (Lipinski definition) is 0. The largest absolute Gasteiger partial charge is 0.332 e. The zero-order valence-electron chi connectivity index (χ0n) is 14.5. The molecule has 4 rings (SSSR count). The molecule has 0 bridgehead atoms. The highest BCUT2D eigenvalue weighted by molar-refractivity contribution is 7.15. The number of nitrogens with zero attached hydrogens (tertiary/aromatic N) is 5. The second-order valence-electron chi connectivity index (χ2n) is 6.33. The Kier molecular flexibility index (Phi) is 6.24. The molecule has 1 aliphatic rings. The molecule has 0 amide bonds. The van der Waals surface area contributed by atoms with Gasteiger partial charge in [0.15, 0.2) is 0 Å². The molecule has 1 saturated heterocycles. The minimum Gasteiger partial charge on any atom is -0.332 e. The summed E-state index contributed by atoms with van der Waals surface area (Å²) in [5.74, 6) is 0.